The van der Waals surface area contributed by atoms with Gasteiger partial charge in [-0.05, 0) is 31.5 Å². The molecule has 0 saturated carbocycles. The van der Waals surface area contributed by atoms with Gasteiger partial charge in [-0.3, -0.25) is 9.36 Å². The predicted molar refractivity (Wildman–Crippen MR) is 116 cm³/mol. The molecule has 4 rings (SSSR count). The number of benzene rings is 2. The molecule has 1 N–H and O–H groups in total. The molecule has 1 amide bonds. The number of amides is 1. The number of hydrogen-bond donors (Lipinski definition) is 1. The second-order valence-corrected chi connectivity index (χ2v) is 7.32. The minimum Gasteiger partial charge on any atom is -0.439 e. The van der Waals surface area contributed by atoms with Crippen LogP contribution in [0.15, 0.2) is 77.5 Å². The lowest BCUT2D eigenvalue weighted by molar-refractivity contribution is -0.119. The molecule has 0 aliphatic carbocycles. The molecule has 29 heavy (non-hydrogen) atoms. The van der Waals surface area contributed by atoms with Crippen LogP contribution in [0.2, 0.25) is 0 Å². The summed E-state index contributed by atoms with van der Waals surface area (Å²) in [5, 5.41) is 2.95. The Morgan fingerprint density at radius 1 is 0.897 bits per heavy atom. The summed E-state index contributed by atoms with van der Waals surface area (Å²) in [5.41, 5.74) is 6.42. The fourth-order valence-corrected chi connectivity index (χ4v) is 3.44. The lowest BCUT2D eigenvalue weighted by Crippen LogP contribution is -2.19. The third-order valence-corrected chi connectivity index (χ3v) is 4.99. The zero-order chi connectivity index (χ0) is 20.4. The number of aromatic nitrogens is 1. The molecule has 4 nitrogen and oxygen atoms in total. The maximum Gasteiger partial charge on any atom is 0.217 e. The van der Waals surface area contributed by atoms with Crippen molar-refractivity contribution in [3.63, 3.8) is 0 Å². The highest BCUT2D eigenvalue weighted by atomic mass is 16.4. The third-order valence-electron chi connectivity index (χ3n) is 4.99. The van der Waals surface area contributed by atoms with Crippen molar-refractivity contribution in [2.24, 2.45) is 0 Å². The average Bonchev–Trinajstić information content (AvgIpc) is 3.35. The number of rotatable bonds is 5. The van der Waals surface area contributed by atoms with E-state index < -0.39 is 0 Å². The first-order valence-corrected chi connectivity index (χ1v) is 9.70. The lowest BCUT2D eigenvalue weighted by Gasteiger charge is -2.09. The summed E-state index contributed by atoms with van der Waals surface area (Å²) in [4.78, 5) is 11.7. The van der Waals surface area contributed by atoms with Crippen molar-refractivity contribution < 1.29 is 9.21 Å². The fourth-order valence-electron chi connectivity index (χ4n) is 3.44. The van der Waals surface area contributed by atoms with E-state index in [9.17, 15) is 4.79 Å². The molecule has 0 aliphatic heterocycles. The van der Waals surface area contributed by atoms with Crippen molar-refractivity contribution >= 4 is 5.91 Å². The van der Waals surface area contributed by atoms with Crippen LogP contribution >= 0.6 is 0 Å². The van der Waals surface area contributed by atoms with Gasteiger partial charge in [0.1, 0.15) is 5.76 Å². The summed E-state index contributed by atoms with van der Waals surface area (Å²) in [5.74, 6) is 1.45. The van der Waals surface area contributed by atoms with E-state index in [0.717, 1.165) is 33.9 Å². The second kappa shape index (κ2) is 7.84. The van der Waals surface area contributed by atoms with Gasteiger partial charge < -0.3 is 9.73 Å². The van der Waals surface area contributed by atoms with Crippen LogP contribution < -0.4 is 5.32 Å². The van der Waals surface area contributed by atoms with Crippen LogP contribution in [0.1, 0.15) is 23.6 Å². The minimum absolute atomic E-state index is 0.0728. The molecular weight excluding hydrogens is 360 g/mol. The van der Waals surface area contributed by atoms with Crippen LogP contribution in [0.4, 0.5) is 0 Å². The third kappa shape index (κ3) is 3.87. The van der Waals surface area contributed by atoms with Crippen molar-refractivity contribution in [3.05, 3.63) is 89.7 Å². The Morgan fingerprint density at radius 2 is 1.45 bits per heavy atom. The molecule has 2 aromatic heterocycles. The minimum atomic E-state index is -0.0728. The van der Waals surface area contributed by atoms with Crippen LogP contribution in [0.3, 0.4) is 0 Å². The Balaban J connectivity index is 1.98. The van der Waals surface area contributed by atoms with Gasteiger partial charge in [-0.1, -0.05) is 59.7 Å². The predicted octanol–water partition coefficient (Wildman–Crippen LogP) is 5.66. The van der Waals surface area contributed by atoms with Crippen LogP contribution in [0.5, 0.6) is 0 Å². The van der Waals surface area contributed by atoms with Gasteiger partial charge in [-0.15, -0.1) is 0 Å². The number of hydrogen-bond acceptors (Lipinski definition) is 2. The van der Waals surface area contributed by atoms with E-state index in [1.54, 1.807) is 0 Å². The first kappa shape index (κ1) is 18.8. The second-order valence-electron chi connectivity index (χ2n) is 7.32. The van der Waals surface area contributed by atoms with Crippen LogP contribution in [-0.4, -0.2) is 10.5 Å². The average molecular weight is 384 g/mol. The molecule has 0 unspecified atom stereocenters. The molecular formula is C25H24N2O2. The molecule has 0 atom stereocenters. The molecule has 4 heteroatoms. The molecule has 2 aromatic carbocycles. The van der Waals surface area contributed by atoms with E-state index in [1.807, 2.05) is 29.1 Å². The van der Waals surface area contributed by atoms with Gasteiger partial charge in [-0.25, -0.2) is 0 Å². The summed E-state index contributed by atoms with van der Waals surface area (Å²) in [7, 11) is 0. The van der Waals surface area contributed by atoms with E-state index in [4.69, 9.17) is 4.42 Å². The maximum atomic E-state index is 11.7. The van der Waals surface area contributed by atoms with E-state index >= 15 is 0 Å². The fraction of sp³-hybridized carbons (Fsp3) is 0.160. The molecule has 4 aromatic rings. The first-order chi connectivity index (χ1) is 14.0. The summed E-state index contributed by atoms with van der Waals surface area (Å²) in [6.45, 7) is 6.06. The van der Waals surface area contributed by atoms with Gasteiger partial charge in [0.2, 0.25) is 11.8 Å². The van der Waals surface area contributed by atoms with Gasteiger partial charge >= 0.3 is 0 Å². The van der Waals surface area contributed by atoms with Crippen molar-refractivity contribution in [2.75, 3.05) is 0 Å². The zero-order valence-corrected chi connectivity index (χ0v) is 16.9. The number of nitrogens with zero attached hydrogens (tertiary/aromatic N) is 1. The summed E-state index contributed by atoms with van der Waals surface area (Å²) < 4.78 is 8.40. The Hall–Kier alpha value is -3.53. The van der Waals surface area contributed by atoms with Crippen molar-refractivity contribution in [1.29, 1.82) is 0 Å². The van der Waals surface area contributed by atoms with Gasteiger partial charge in [0, 0.05) is 42.6 Å². The smallest absolute Gasteiger partial charge is 0.217 e. The molecule has 0 saturated heterocycles. The number of carbonyl (C=O) groups is 1. The van der Waals surface area contributed by atoms with E-state index in [0.29, 0.717) is 6.54 Å². The molecule has 0 radical (unpaired) electrons. The number of aryl methyl sites for hydroxylation is 2. The Bertz CT molecular complexity index is 1120. The highest BCUT2D eigenvalue weighted by Gasteiger charge is 2.23. The van der Waals surface area contributed by atoms with Gasteiger partial charge in [-0.2, -0.15) is 0 Å². The van der Waals surface area contributed by atoms with Gasteiger partial charge in [0.25, 0.3) is 0 Å². The molecule has 0 aliphatic rings. The van der Waals surface area contributed by atoms with Crippen molar-refractivity contribution in [2.45, 2.75) is 27.3 Å². The van der Waals surface area contributed by atoms with E-state index in [2.05, 4.69) is 67.7 Å². The molecule has 0 fully saturated rings. The Kier molecular flexibility index (Phi) is 5.09. The number of carbonyl (C=O) groups excluding carboxylic acids is 1. The normalized spacial score (nSPS) is 10.9. The summed E-state index contributed by atoms with van der Waals surface area (Å²) in [6.07, 6.45) is 3.90. The Labute approximate surface area is 170 Å². The number of furan rings is 1. The zero-order valence-electron chi connectivity index (χ0n) is 16.9. The van der Waals surface area contributed by atoms with Crippen LogP contribution in [-0.2, 0) is 11.3 Å². The van der Waals surface area contributed by atoms with E-state index in [1.165, 1.54) is 18.1 Å². The largest absolute Gasteiger partial charge is 0.439 e. The molecule has 146 valence electrons. The summed E-state index contributed by atoms with van der Waals surface area (Å²) in [6, 6.07) is 20.6. The van der Waals surface area contributed by atoms with Crippen molar-refractivity contribution in [3.8, 4) is 28.3 Å². The lowest BCUT2D eigenvalue weighted by atomic mass is 9.96. The first-order valence-electron chi connectivity index (χ1n) is 9.70. The van der Waals surface area contributed by atoms with Crippen molar-refractivity contribution in [1.82, 2.24) is 9.88 Å². The monoisotopic (exact) mass is 384 g/mol. The van der Waals surface area contributed by atoms with Gasteiger partial charge in [0.05, 0.1) is 0 Å². The highest BCUT2D eigenvalue weighted by Crippen LogP contribution is 2.41. The Morgan fingerprint density at radius 3 is 2.00 bits per heavy atom. The molecule has 2 heterocycles. The summed E-state index contributed by atoms with van der Waals surface area (Å²) >= 11 is 0. The van der Waals surface area contributed by atoms with E-state index in [-0.39, 0.29) is 5.91 Å². The maximum absolute atomic E-state index is 11.7. The highest BCUT2D eigenvalue weighted by molar-refractivity contribution is 5.85. The topological polar surface area (TPSA) is 47.2 Å². The quantitative estimate of drug-likeness (QED) is 0.483. The molecule has 0 spiro atoms. The SMILES string of the molecule is CC(=O)NCc1c(-n2cccc2)oc(-c2ccc(C)cc2)c1-c1ccc(C)cc1. The number of nitrogens with one attached hydrogen (secondary N) is 1. The standard InChI is InChI=1S/C25H24N2O2/c1-17-6-10-20(11-7-17)23-22(16-26-19(3)28)25(27-14-4-5-15-27)29-24(23)21-12-8-18(2)9-13-21/h4-15H,16H2,1-3H3,(H,26,28). The van der Waals surface area contributed by atoms with Gasteiger partial charge in [0.15, 0.2) is 0 Å². The van der Waals surface area contributed by atoms with Crippen LogP contribution in [0.25, 0.3) is 28.3 Å². The molecule has 0 bridgehead atoms. The van der Waals surface area contributed by atoms with Crippen LogP contribution in [0, 0.1) is 13.8 Å².